The van der Waals surface area contributed by atoms with Gasteiger partial charge in [-0.1, -0.05) is 13.0 Å². The van der Waals surface area contributed by atoms with Gasteiger partial charge in [0.1, 0.15) is 11.6 Å². The lowest BCUT2D eigenvalue weighted by Crippen LogP contribution is -2.47. The smallest absolute Gasteiger partial charge is 0.133 e. The number of hydrogen-bond donors (Lipinski definition) is 1. The van der Waals surface area contributed by atoms with E-state index in [1.807, 2.05) is 6.92 Å². The van der Waals surface area contributed by atoms with Crippen LogP contribution in [0.2, 0.25) is 0 Å². The second-order valence-corrected chi connectivity index (χ2v) is 6.25. The zero-order valence-electron chi connectivity index (χ0n) is 13.1. The van der Waals surface area contributed by atoms with Gasteiger partial charge in [0, 0.05) is 12.2 Å². The van der Waals surface area contributed by atoms with E-state index in [1.54, 1.807) is 6.92 Å². The first-order valence-electron chi connectivity index (χ1n) is 7.75. The standard InChI is InChI=1S/C17H25F2NO/c1-4-21-17(9-7-11(2)8-10-17)16(20)14-13(18)6-5-12(3)15(14)19/h5-6,11,16H,4,7-10,20H2,1-3H3. The van der Waals surface area contributed by atoms with Crippen LogP contribution < -0.4 is 5.73 Å². The van der Waals surface area contributed by atoms with E-state index < -0.39 is 23.3 Å². The van der Waals surface area contributed by atoms with Crippen LogP contribution in [0.1, 0.15) is 56.7 Å². The molecule has 2 N–H and O–H groups in total. The molecule has 1 aliphatic carbocycles. The first-order valence-corrected chi connectivity index (χ1v) is 7.75. The van der Waals surface area contributed by atoms with E-state index in [1.165, 1.54) is 12.1 Å². The summed E-state index contributed by atoms with van der Waals surface area (Å²) in [6.07, 6.45) is 3.44. The summed E-state index contributed by atoms with van der Waals surface area (Å²) in [5.74, 6) is -0.513. The Hall–Kier alpha value is -1.00. The number of rotatable bonds is 4. The third-order valence-corrected chi connectivity index (χ3v) is 4.75. The summed E-state index contributed by atoms with van der Waals surface area (Å²) in [6, 6.07) is 1.96. The van der Waals surface area contributed by atoms with Crippen LogP contribution in [0, 0.1) is 24.5 Å². The van der Waals surface area contributed by atoms with Gasteiger partial charge in [0.05, 0.1) is 11.6 Å². The number of nitrogens with two attached hydrogens (primary N) is 1. The highest BCUT2D eigenvalue weighted by Crippen LogP contribution is 2.43. The molecule has 1 aromatic carbocycles. The molecule has 1 fully saturated rings. The van der Waals surface area contributed by atoms with Crippen molar-refractivity contribution in [2.24, 2.45) is 11.7 Å². The van der Waals surface area contributed by atoms with Crippen LogP contribution in [-0.2, 0) is 4.74 Å². The van der Waals surface area contributed by atoms with E-state index in [4.69, 9.17) is 10.5 Å². The molecule has 21 heavy (non-hydrogen) atoms. The van der Waals surface area contributed by atoms with Gasteiger partial charge in [-0.05, 0) is 57.1 Å². The summed E-state index contributed by atoms with van der Waals surface area (Å²) in [7, 11) is 0. The quantitative estimate of drug-likeness (QED) is 0.901. The number of hydrogen-bond acceptors (Lipinski definition) is 2. The SMILES string of the molecule is CCOC1(C(N)c2c(F)ccc(C)c2F)CCC(C)CC1. The van der Waals surface area contributed by atoms with Crippen molar-refractivity contribution < 1.29 is 13.5 Å². The van der Waals surface area contributed by atoms with E-state index in [9.17, 15) is 8.78 Å². The third kappa shape index (κ3) is 3.11. The predicted octanol–water partition coefficient (Wildman–Crippen LogP) is 4.26. The molecule has 0 saturated heterocycles. The Balaban J connectivity index is 2.40. The molecule has 0 aliphatic heterocycles. The van der Waals surface area contributed by atoms with E-state index in [0.29, 0.717) is 18.1 Å². The van der Waals surface area contributed by atoms with Crippen LogP contribution in [0.5, 0.6) is 0 Å². The van der Waals surface area contributed by atoms with Gasteiger partial charge in [0.2, 0.25) is 0 Å². The Morgan fingerprint density at radius 1 is 1.33 bits per heavy atom. The Morgan fingerprint density at radius 2 is 1.95 bits per heavy atom. The Labute approximate surface area is 125 Å². The molecule has 1 aliphatic rings. The second kappa shape index (κ2) is 6.41. The van der Waals surface area contributed by atoms with Crippen LogP contribution in [0.3, 0.4) is 0 Å². The van der Waals surface area contributed by atoms with Gasteiger partial charge < -0.3 is 10.5 Å². The molecule has 4 heteroatoms. The van der Waals surface area contributed by atoms with Crippen molar-refractivity contribution in [3.8, 4) is 0 Å². The maximum absolute atomic E-state index is 14.4. The summed E-state index contributed by atoms with van der Waals surface area (Å²) in [5, 5.41) is 0. The molecule has 0 amide bonds. The van der Waals surface area contributed by atoms with Crippen LogP contribution in [0.15, 0.2) is 12.1 Å². The molecule has 0 radical (unpaired) electrons. The van der Waals surface area contributed by atoms with Crippen molar-refractivity contribution in [2.75, 3.05) is 6.61 Å². The van der Waals surface area contributed by atoms with Gasteiger partial charge in [0.25, 0.3) is 0 Å². The number of benzene rings is 1. The summed E-state index contributed by atoms with van der Waals surface area (Å²) in [4.78, 5) is 0. The summed E-state index contributed by atoms with van der Waals surface area (Å²) in [5.41, 5.74) is 6.03. The minimum Gasteiger partial charge on any atom is -0.373 e. The number of halogens is 2. The zero-order valence-corrected chi connectivity index (χ0v) is 13.1. The molecule has 0 spiro atoms. The topological polar surface area (TPSA) is 35.2 Å². The summed E-state index contributed by atoms with van der Waals surface area (Å²) in [6.45, 7) is 6.21. The van der Waals surface area contributed by atoms with Crippen molar-refractivity contribution in [3.05, 3.63) is 34.9 Å². The average Bonchev–Trinajstić information content (AvgIpc) is 2.46. The first-order chi connectivity index (χ1) is 9.91. The van der Waals surface area contributed by atoms with Crippen LogP contribution in [-0.4, -0.2) is 12.2 Å². The number of aryl methyl sites for hydroxylation is 1. The molecule has 2 nitrogen and oxygen atoms in total. The van der Waals surface area contributed by atoms with Gasteiger partial charge in [-0.3, -0.25) is 0 Å². The van der Waals surface area contributed by atoms with Gasteiger partial charge in [-0.2, -0.15) is 0 Å². The largest absolute Gasteiger partial charge is 0.373 e. The zero-order chi connectivity index (χ0) is 15.6. The molecule has 0 heterocycles. The molecule has 118 valence electrons. The molecule has 2 rings (SSSR count). The fourth-order valence-corrected chi connectivity index (χ4v) is 3.31. The highest BCUT2D eigenvalue weighted by molar-refractivity contribution is 5.31. The maximum atomic E-state index is 14.4. The lowest BCUT2D eigenvalue weighted by Gasteiger charge is -2.43. The van der Waals surface area contributed by atoms with Crippen LogP contribution in [0.25, 0.3) is 0 Å². The first kappa shape index (κ1) is 16.4. The minimum atomic E-state index is -0.773. The third-order valence-electron chi connectivity index (χ3n) is 4.75. The van der Waals surface area contributed by atoms with Gasteiger partial charge in [-0.25, -0.2) is 8.78 Å². The van der Waals surface area contributed by atoms with Crippen molar-refractivity contribution in [3.63, 3.8) is 0 Å². The van der Waals surface area contributed by atoms with Gasteiger partial charge in [0.15, 0.2) is 0 Å². The predicted molar refractivity (Wildman–Crippen MR) is 80.0 cm³/mol. The average molecular weight is 297 g/mol. The lowest BCUT2D eigenvalue weighted by atomic mass is 9.73. The van der Waals surface area contributed by atoms with Crippen LogP contribution in [0.4, 0.5) is 8.78 Å². The Kier molecular flexibility index (Phi) is 4.99. The molecule has 0 bridgehead atoms. The van der Waals surface area contributed by atoms with Gasteiger partial charge >= 0.3 is 0 Å². The van der Waals surface area contributed by atoms with Crippen molar-refractivity contribution >= 4 is 0 Å². The van der Waals surface area contributed by atoms with E-state index in [0.717, 1.165) is 25.7 Å². The Morgan fingerprint density at radius 3 is 2.52 bits per heavy atom. The highest BCUT2D eigenvalue weighted by Gasteiger charge is 2.43. The molecule has 0 aromatic heterocycles. The fraction of sp³-hybridized carbons (Fsp3) is 0.647. The summed E-state index contributed by atoms with van der Waals surface area (Å²) >= 11 is 0. The highest BCUT2D eigenvalue weighted by atomic mass is 19.1. The second-order valence-electron chi connectivity index (χ2n) is 6.25. The normalized spacial score (nSPS) is 27.6. The molecule has 1 atom stereocenters. The molecule has 1 unspecified atom stereocenters. The molecular weight excluding hydrogens is 272 g/mol. The molecular formula is C17H25F2NO. The molecule has 1 saturated carbocycles. The molecule has 1 aromatic rings. The fourth-order valence-electron chi connectivity index (χ4n) is 3.31. The summed E-state index contributed by atoms with van der Waals surface area (Å²) < 4.78 is 34.5. The van der Waals surface area contributed by atoms with Crippen LogP contribution >= 0.6 is 0 Å². The van der Waals surface area contributed by atoms with Gasteiger partial charge in [-0.15, -0.1) is 0 Å². The number of ether oxygens (including phenoxy) is 1. The monoisotopic (exact) mass is 297 g/mol. The van der Waals surface area contributed by atoms with E-state index >= 15 is 0 Å². The van der Waals surface area contributed by atoms with Crippen molar-refractivity contribution in [1.82, 2.24) is 0 Å². The van der Waals surface area contributed by atoms with Crippen molar-refractivity contribution in [1.29, 1.82) is 0 Å². The maximum Gasteiger partial charge on any atom is 0.133 e. The minimum absolute atomic E-state index is 0.0296. The Bertz CT molecular complexity index is 496. The lowest BCUT2D eigenvalue weighted by molar-refractivity contribution is -0.0908. The van der Waals surface area contributed by atoms with E-state index in [2.05, 4.69) is 6.92 Å². The van der Waals surface area contributed by atoms with Crippen molar-refractivity contribution in [2.45, 2.75) is 58.1 Å². The van der Waals surface area contributed by atoms with E-state index in [-0.39, 0.29) is 5.56 Å².